The number of rotatable bonds is 13. The first-order valence-electron chi connectivity index (χ1n) is 16.5. The molecular formula is C38H42N4O5. The lowest BCUT2D eigenvalue weighted by molar-refractivity contribution is 0.0947. The van der Waals surface area contributed by atoms with E-state index < -0.39 is 0 Å². The lowest BCUT2D eigenvalue weighted by atomic mass is 9.95. The average Bonchev–Trinajstić information content (AvgIpc) is 3.75. The van der Waals surface area contributed by atoms with Gasteiger partial charge in [0, 0.05) is 25.2 Å². The summed E-state index contributed by atoms with van der Waals surface area (Å²) in [5.74, 6) is 1.78. The Labute approximate surface area is 275 Å². The molecule has 0 spiro atoms. The first-order valence-corrected chi connectivity index (χ1v) is 16.5. The van der Waals surface area contributed by atoms with Crippen molar-refractivity contribution in [2.24, 2.45) is 0 Å². The number of aromatic nitrogens is 2. The van der Waals surface area contributed by atoms with Crippen molar-refractivity contribution in [1.29, 1.82) is 0 Å². The van der Waals surface area contributed by atoms with Gasteiger partial charge in [0.05, 0.1) is 11.3 Å². The molecule has 0 unspecified atom stereocenters. The minimum absolute atomic E-state index is 0.110. The van der Waals surface area contributed by atoms with Crippen LogP contribution in [-0.4, -0.2) is 40.8 Å². The first-order chi connectivity index (χ1) is 23.0. The van der Waals surface area contributed by atoms with Crippen LogP contribution in [0.3, 0.4) is 0 Å². The van der Waals surface area contributed by atoms with Gasteiger partial charge in [-0.25, -0.2) is 0 Å². The summed E-state index contributed by atoms with van der Waals surface area (Å²) >= 11 is 0. The number of hydrogen-bond donors (Lipinski definition) is 1. The highest BCUT2D eigenvalue weighted by Gasteiger charge is 2.30. The summed E-state index contributed by atoms with van der Waals surface area (Å²) in [4.78, 5) is 15.7. The molecule has 0 aliphatic carbocycles. The highest BCUT2D eigenvalue weighted by Crippen LogP contribution is 2.44. The van der Waals surface area contributed by atoms with Gasteiger partial charge in [0.15, 0.2) is 17.2 Å². The van der Waals surface area contributed by atoms with E-state index in [1.165, 1.54) is 19.3 Å². The maximum Gasteiger partial charge on any atom is 0.274 e. The molecule has 0 saturated carbocycles. The van der Waals surface area contributed by atoms with Gasteiger partial charge in [-0.05, 0) is 61.5 Å². The molecule has 0 radical (unpaired) electrons. The fraction of sp³-hybridized carbons (Fsp3) is 0.342. The van der Waals surface area contributed by atoms with E-state index in [2.05, 4.69) is 34.4 Å². The highest BCUT2D eigenvalue weighted by atomic mass is 16.5. The van der Waals surface area contributed by atoms with Gasteiger partial charge in [0.2, 0.25) is 0 Å². The van der Waals surface area contributed by atoms with Crippen LogP contribution in [0, 0.1) is 0 Å². The van der Waals surface area contributed by atoms with Crippen molar-refractivity contribution in [2.45, 2.75) is 65.7 Å². The summed E-state index contributed by atoms with van der Waals surface area (Å²) in [5, 5.41) is 11.5. The SMILES string of the molecule is CCNC(=O)c1noc(-c2cc(C(C)C)c(OCc3ccccc3)cc2OCc2ccccc2)c1-c1cc(CN2CCCCC2)no1. The molecule has 47 heavy (non-hydrogen) atoms. The number of piperidine rings is 1. The van der Waals surface area contributed by atoms with E-state index in [0.717, 1.165) is 35.5 Å². The molecule has 1 fully saturated rings. The minimum Gasteiger partial charge on any atom is -0.488 e. The predicted octanol–water partition coefficient (Wildman–Crippen LogP) is 8.01. The Hall–Kier alpha value is -4.89. The fourth-order valence-electron chi connectivity index (χ4n) is 5.87. The number of carbonyl (C=O) groups excluding carboxylic acids is 1. The van der Waals surface area contributed by atoms with Crippen molar-refractivity contribution in [1.82, 2.24) is 20.5 Å². The maximum atomic E-state index is 13.3. The lowest BCUT2D eigenvalue weighted by Gasteiger charge is -2.25. The average molecular weight is 635 g/mol. The second kappa shape index (κ2) is 15.1. The molecule has 1 amide bonds. The number of benzene rings is 3. The molecule has 1 aliphatic rings. The van der Waals surface area contributed by atoms with Crippen molar-refractivity contribution >= 4 is 5.91 Å². The van der Waals surface area contributed by atoms with E-state index in [0.29, 0.717) is 60.4 Å². The molecule has 0 atom stereocenters. The van der Waals surface area contributed by atoms with Crippen LogP contribution in [0.1, 0.15) is 78.8 Å². The van der Waals surface area contributed by atoms with Gasteiger partial charge in [0.25, 0.3) is 5.91 Å². The smallest absolute Gasteiger partial charge is 0.274 e. The summed E-state index contributed by atoms with van der Waals surface area (Å²) in [6.45, 7) is 10.0. The molecular weight excluding hydrogens is 592 g/mol. The topological polar surface area (TPSA) is 103 Å². The molecule has 9 heteroatoms. The second-order valence-electron chi connectivity index (χ2n) is 12.2. The summed E-state index contributed by atoms with van der Waals surface area (Å²) in [6, 6.07) is 25.8. The summed E-state index contributed by atoms with van der Waals surface area (Å²) in [5.41, 5.74) is 5.04. The molecule has 244 valence electrons. The van der Waals surface area contributed by atoms with Gasteiger partial charge in [-0.2, -0.15) is 0 Å². The molecule has 0 bridgehead atoms. The predicted molar refractivity (Wildman–Crippen MR) is 180 cm³/mol. The second-order valence-corrected chi connectivity index (χ2v) is 12.2. The van der Waals surface area contributed by atoms with E-state index in [1.54, 1.807) is 0 Å². The molecule has 1 N–H and O–H groups in total. The van der Waals surface area contributed by atoms with Crippen LogP contribution in [0.25, 0.3) is 22.6 Å². The van der Waals surface area contributed by atoms with E-state index in [1.807, 2.05) is 85.8 Å². The largest absolute Gasteiger partial charge is 0.488 e. The Morgan fingerprint density at radius 1 is 0.851 bits per heavy atom. The van der Waals surface area contributed by atoms with Gasteiger partial charge in [-0.15, -0.1) is 0 Å². The molecule has 9 nitrogen and oxygen atoms in total. The van der Waals surface area contributed by atoms with E-state index in [9.17, 15) is 4.79 Å². The van der Waals surface area contributed by atoms with Crippen LogP contribution in [0.2, 0.25) is 0 Å². The van der Waals surface area contributed by atoms with Gasteiger partial charge < -0.3 is 23.8 Å². The van der Waals surface area contributed by atoms with Crippen molar-refractivity contribution < 1.29 is 23.3 Å². The van der Waals surface area contributed by atoms with E-state index >= 15 is 0 Å². The van der Waals surface area contributed by atoms with E-state index in [-0.39, 0.29) is 17.5 Å². The Morgan fingerprint density at radius 3 is 2.15 bits per heavy atom. The summed E-state index contributed by atoms with van der Waals surface area (Å²) in [7, 11) is 0. The molecule has 3 aromatic carbocycles. The number of hydrogen-bond acceptors (Lipinski definition) is 8. The van der Waals surface area contributed by atoms with Crippen LogP contribution < -0.4 is 14.8 Å². The van der Waals surface area contributed by atoms with Gasteiger partial charge in [-0.1, -0.05) is 91.2 Å². The zero-order valence-corrected chi connectivity index (χ0v) is 27.3. The van der Waals surface area contributed by atoms with Crippen molar-refractivity contribution in [3.8, 4) is 34.1 Å². The fourth-order valence-corrected chi connectivity index (χ4v) is 5.87. The number of nitrogens with zero attached hydrogens (tertiary/aromatic N) is 3. The number of ether oxygens (including phenoxy) is 2. The quantitative estimate of drug-likeness (QED) is 0.139. The molecule has 1 aliphatic heterocycles. The lowest BCUT2D eigenvalue weighted by Crippen LogP contribution is -2.29. The molecule has 3 heterocycles. The van der Waals surface area contributed by atoms with E-state index in [4.69, 9.17) is 18.5 Å². The number of nitrogens with one attached hydrogen (secondary N) is 1. The van der Waals surface area contributed by atoms with Crippen LogP contribution in [0.4, 0.5) is 0 Å². The third-order valence-electron chi connectivity index (χ3n) is 8.34. The Bertz CT molecular complexity index is 1760. The van der Waals surface area contributed by atoms with Gasteiger partial charge in [-0.3, -0.25) is 9.69 Å². The maximum absolute atomic E-state index is 13.3. The minimum atomic E-state index is -0.356. The van der Waals surface area contributed by atoms with Gasteiger partial charge in [0.1, 0.15) is 30.3 Å². The number of amides is 1. The zero-order chi connectivity index (χ0) is 32.6. The first kappa shape index (κ1) is 32.1. The van der Waals surface area contributed by atoms with Gasteiger partial charge >= 0.3 is 0 Å². The van der Waals surface area contributed by atoms with Crippen molar-refractivity contribution in [3.05, 3.63) is 107 Å². The number of carbonyl (C=O) groups is 1. The zero-order valence-electron chi connectivity index (χ0n) is 27.3. The van der Waals surface area contributed by atoms with Crippen LogP contribution >= 0.6 is 0 Å². The molecule has 5 aromatic rings. The van der Waals surface area contributed by atoms with Crippen LogP contribution in [0.5, 0.6) is 11.5 Å². The molecule has 1 saturated heterocycles. The Kier molecular flexibility index (Phi) is 10.3. The normalized spacial score (nSPS) is 13.5. The molecule has 2 aromatic heterocycles. The van der Waals surface area contributed by atoms with Crippen molar-refractivity contribution in [3.63, 3.8) is 0 Å². The summed E-state index contributed by atoms with van der Waals surface area (Å²) < 4.78 is 24.9. The number of likely N-dealkylation sites (tertiary alicyclic amines) is 1. The van der Waals surface area contributed by atoms with Crippen molar-refractivity contribution in [2.75, 3.05) is 19.6 Å². The summed E-state index contributed by atoms with van der Waals surface area (Å²) in [6.07, 6.45) is 3.61. The molecule has 6 rings (SSSR count). The highest BCUT2D eigenvalue weighted by molar-refractivity contribution is 6.01. The van der Waals surface area contributed by atoms with Crippen LogP contribution in [-0.2, 0) is 19.8 Å². The third kappa shape index (κ3) is 7.74. The Morgan fingerprint density at radius 2 is 1.51 bits per heavy atom. The standard InChI is InChI=1S/C38H42N4O5/c1-4-39-38(43)36-35(34-20-29(40-46-34)23-42-18-12-7-13-19-42)37(47-41-36)31-21-30(26(2)3)32(44-24-27-14-8-5-9-15-27)22-33(31)45-25-28-16-10-6-11-17-28/h5-6,8-11,14-17,20-22,26H,4,7,12-13,18-19,23-25H2,1-3H3,(H,39,43). The monoisotopic (exact) mass is 634 g/mol. The Balaban J connectivity index is 1.44. The van der Waals surface area contributed by atoms with Crippen LogP contribution in [0.15, 0.2) is 87.9 Å². The third-order valence-corrected chi connectivity index (χ3v) is 8.34.